The van der Waals surface area contributed by atoms with Crippen LogP contribution in [-0.2, 0) is 4.74 Å². The Hall–Kier alpha value is -1.51. The Kier molecular flexibility index (Phi) is 6.05. The van der Waals surface area contributed by atoms with Crippen LogP contribution in [-0.4, -0.2) is 23.1 Å². The van der Waals surface area contributed by atoms with Crippen LogP contribution in [0.2, 0.25) is 0 Å². The zero-order valence-corrected chi connectivity index (χ0v) is 13.2. The van der Waals surface area contributed by atoms with E-state index in [0.717, 1.165) is 25.0 Å². The van der Waals surface area contributed by atoms with E-state index in [1.807, 2.05) is 20.8 Å². The fraction of sp³-hybridized carbons (Fsp3) is 0.588. The Morgan fingerprint density at radius 2 is 2.05 bits per heavy atom. The first-order valence-electron chi connectivity index (χ1n) is 7.31. The molecule has 0 unspecified atom stereocenters. The molecule has 0 aromatic heterocycles. The van der Waals surface area contributed by atoms with Crippen molar-refractivity contribution >= 4 is 6.09 Å². The van der Waals surface area contributed by atoms with Gasteiger partial charge in [-0.2, -0.15) is 0 Å². The van der Waals surface area contributed by atoms with Crippen molar-refractivity contribution in [3.63, 3.8) is 0 Å². The molecule has 1 aliphatic heterocycles. The monoisotopic (exact) mass is 277 g/mol. The summed E-state index contributed by atoms with van der Waals surface area (Å²) in [6.07, 6.45) is 9.88. The van der Waals surface area contributed by atoms with Crippen molar-refractivity contribution in [2.24, 2.45) is 0 Å². The van der Waals surface area contributed by atoms with Crippen molar-refractivity contribution in [1.29, 1.82) is 0 Å². The molecule has 112 valence electrons. The van der Waals surface area contributed by atoms with E-state index < -0.39 is 5.60 Å². The van der Waals surface area contributed by atoms with E-state index in [1.54, 1.807) is 4.90 Å². The molecule has 0 bridgehead atoms. The van der Waals surface area contributed by atoms with E-state index in [0.29, 0.717) is 13.0 Å². The summed E-state index contributed by atoms with van der Waals surface area (Å²) in [7, 11) is 0. The van der Waals surface area contributed by atoms with Gasteiger partial charge in [-0.25, -0.2) is 4.79 Å². The second kappa shape index (κ2) is 7.32. The number of carbonyl (C=O) groups excluding carboxylic acids is 1. The summed E-state index contributed by atoms with van der Waals surface area (Å²) in [5, 5.41) is 0. The van der Waals surface area contributed by atoms with Gasteiger partial charge in [0, 0.05) is 18.7 Å². The van der Waals surface area contributed by atoms with Crippen LogP contribution < -0.4 is 0 Å². The predicted octanol–water partition coefficient (Wildman–Crippen LogP) is 4.81. The standard InChI is InChI=1S/C17H27NO2/c1-14-10-8-6-7-9-13-18(15(2)12-11-14)16(19)20-17(3,4)5/h8,10-11H,2,6-7,9,12-13H2,1,3-5H3/b10-8-,14-11-. The highest BCUT2D eigenvalue weighted by molar-refractivity contribution is 5.70. The minimum absolute atomic E-state index is 0.291. The molecule has 1 aliphatic rings. The molecule has 0 saturated carbocycles. The SMILES string of the molecule is C=C1C/C=C(C)\C=C/CCCCN1C(=O)OC(C)(C)C. The predicted molar refractivity (Wildman–Crippen MR) is 83.4 cm³/mol. The second-order valence-corrected chi connectivity index (χ2v) is 6.25. The third-order valence-electron chi connectivity index (χ3n) is 3.04. The minimum atomic E-state index is -0.475. The Morgan fingerprint density at radius 1 is 1.35 bits per heavy atom. The van der Waals surface area contributed by atoms with Gasteiger partial charge in [0.2, 0.25) is 0 Å². The molecule has 3 heteroatoms. The van der Waals surface area contributed by atoms with Crippen molar-refractivity contribution in [1.82, 2.24) is 4.90 Å². The first-order chi connectivity index (χ1) is 9.29. The van der Waals surface area contributed by atoms with E-state index in [-0.39, 0.29) is 6.09 Å². The van der Waals surface area contributed by atoms with E-state index in [2.05, 4.69) is 31.7 Å². The summed E-state index contributed by atoms with van der Waals surface area (Å²) in [5.41, 5.74) is 1.53. The fourth-order valence-electron chi connectivity index (χ4n) is 1.95. The van der Waals surface area contributed by atoms with Gasteiger partial charge in [0.05, 0.1) is 0 Å². The van der Waals surface area contributed by atoms with Crippen molar-refractivity contribution in [2.45, 2.75) is 59.0 Å². The van der Waals surface area contributed by atoms with Crippen molar-refractivity contribution in [3.8, 4) is 0 Å². The number of hydrogen-bond donors (Lipinski definition) is 0. The summed E-state index contributed by atoms with van der Waals surface area (Å²) in [6.45, 7) is 12.4. The molecule has 0 radical (unpaired) electrons. The van der Waals surface area contributed by atoms with Crippen LogP contribution in [0.15, 0.2) is 36.1 Å². The van der Waals surface area contributed by atoms with Crippen LogP contribution in [0.5, 0.6) is 0 Å². The Labute approximate surface area is 123 Å². The number of rotatable bonds is 0. The molecular formula is C17H27NO2. The van der Waals surface area contributed by atoms with Gasteiger partial charge in [-0.05, 0) is 47.0 Å². The highest BCUT2D eigenvalue weighted by Gasteiger charge is 2.23. The maximum Gasteiger partial charge on any atom is 0.414 e. The van der Waals surface area contributed by atoms with Gasteiger partial charge in [0.15, 0.2) is 0 Å². The maximum absolute atomic E-state index is 12.3. The van der Waals surface area contributed by atoms with Crippen LogP contribution in [0.4, 0.5) is 4.79 Å². The summed E-state index contributed by atoms with van der Waals surface area (Å²) in [4.78, 5) is 13.9. The lowest BCUT2D eigenvalue weighted by molar-refractivity contribution is 0.0309. The molecule has 0 spiro atoms. The van der Waals surface area contributed by atoms with Gasteiger partial charge in [0.1, 0.15) is 5.60 Å². The molecule has 0 aromatic carbocycles. The zero-order chi connectivity index (χ0) is 15.2. The van der Waals surface area contributed by atoms with E-state index in [4.69, 9.17) is 4.74 Å². The summed E-state index contributed by atoms with van der Waals surface area (Å²) in [6, 6.07) is 0. The Balaban J connectivity index is 2.79. The molecule has 0 aromatic rings. The Morgan fingerprint density at radius 3 is 2.70 bits per heavy atom. The fourth-order valence-corrected chi connectivity index (χ4v) is 1.95. The average molecular weight is 277 g/mol. The molecule has 3 nitrogen and oxygen atoms in total. The van der Waals surface area contributed by atoms with Crippen LogP contribution in [0.3, 0.4) is 0 Å². The molecule has 0 fully saturated rings. The highest BCUT2D eigenvalue weighted by Crippen LogP contribution is 2.18. The van der Waals surface area contributed by atoms with Crippen molar-refractivity contribution < 1.29 is 9.53 Å². The molecule has 20 heavy (non-hydrogen) atoms. The molecule has 0 aliphatic carbocycles. The van der Waals surface area contributed by atoms with Gasteiger partial charge in [-0.1, -0.05) is 30.4 Å². The first-order valence-corrected chi connectivity index (χ1v) is 7.31. The van der Waals surface area contributed by atoms with Crippen molar-refractivity contribution in [2.75, 3.05) is 6.54 Å². The number of nitrogens with zero attached hydrogens (tertiary/aromatic N) is 1. The van der Waals surface area contributed by atoms with Crippen molar-refractivity contribution in [3.05, 3.63) is 36.1 Å². The van der Waals surface area contributed by atoms with E-state index in [9.17, 15) is 4.79 Å². The molecule has 1 amide bonds. The topological polar surface area (TPSA) is 29.5 Å². The van der Waals surface area contributed by atoms with Gasteiger partial charge in [-0.3, -0.25) is 4.90 Å². The van der Waals surface area contributed by atoms with Crippen LogP contribution in [0, 0.1) is 0 Å². The lowest BCUT2D eigenvalue weighted by atomic mass is 10.2. The number of allylic oxidation sites excluding steroid dienone is 4. The molecular weight excluding hydrogens is 250 g/mol. The summed E-state index contributed by atoms with van der Waals surface area (Å²) >= 11 is 0. The minimum Gasteiger partial charge on any atom is -0.443 e. The highest BCUT2D eigenvalue weighted by atomic mass is 16.6. The number of carbonyl (C=O) groups is 1. The van der Waals surface area contributed by atoms with Crippen LogP contribution in [0.25, 0.3) is 0 Å². The first kappa shape index (κ1) is 16.5. The molecule has 1 heterocycles. The van der Waals surface area contributed by atoms with Crippen LogP contribution in [0.1, 0.15) is 53.4 Å². The molecule has 0 saturated heterocycles. The average Bonchev–Trinajstić information content (AvgIpc) is 2.35. The lowest BCUT2D eigenvalue weighted by Gasteiger charge is -2.28. The summed E-state index contributed by atoms with van der Waals surface area (Å²) in [5.74, 6) is 0. The maximum atomic E-state index is 12.3. The lowest BCUT2D eigenvalue weighted by Crippen LogP contribution is -2.36. The van der Waals surface area contributed by atoms with Gasteiger partial charge in [-0.15, -0.1) is 0 Å². The molecule has 1 rings (SSSR count). The number of amides is 1. The summed E-state index contributed by atoms with van der Waals surface area (Å²) < 4.78 is 5.46. The second-order valence-electron chi connectivity index (χ2n) is 6.25. The Bertz CT molecular complexity index is 413. The van der Waals surface area contributed by atoms with E-state index in [1.165, 1.54) is 5.57 Å². The third-order valence-corrected chi connectivity index (χ3v) is 3.04. The smallest absolute Gasteiger partial charge is 0.414 e. The number of hydrogen-bond acceptors (Lipinski definition) is 2. The molecule has 0 N–H and O–H groups in total. The van der Waals surface area contributed by atoms with Gasteiger partial charge >= 0.3 is 6.09 Å². The quantitative estimate of drug-likeness (QED) is 0.635. The third kappa shape index (κ3) is 6.09. The van der Waals surface area contributed by atoms with Crippen LogP contribution >= 0.6 is 0 Å². The van der Waals surface area contributed by atoms with E-state index >= 15 is 0 Å². The normalized spacial score (nSPS) is 22.5. The zero-order valence-electron chi connectivity index (χ0n) is 13.2. The largest absolute Gasteiger partial charge is 0.443 e. The van der Waals surface area contributed by atoms with Gasteiger partial charge < -0.3 is 4.74 Å². The van der Waals surface area contributed by atoms with Gasteiger partial charge in [0.25, 0.3) is 0 Å². The number of ether oxygens (including phenoxy) is 1. The molecule has 0 atom stereocenters.